The zero-order valence-electron chi connectivity index (χ0n) is 15.9. The first-order valence-electron chi connectivity index (χ1n) is 9.83. The molecule has 0 bridgehead atoms. The Bertz CT molecular complexity index is 1030. The number of para-hydroxylation sites is 1. The highest BCUT2D eigenvalue weighted by molar-refractivity contribution is 6.21. The van der Waals surface area contributed by atoms with Gasteiger partial charge in [-0.25, -0.2) is 9.97 Å². The van der Waals surface area contributed by atoms with Crippen LogP contribution in [-0.4, -0.2) is 39.8 Å². The number of carbonyl (C=O) groups excluding carboxylic acids is 2. The average molecular weight is 384 g/mol. The summed E-state index contributed by atoms with van der Waals surface area (Å²) >= 11 is 0. The van der Waals surface area contributed by atoms with Gasteiger partial charge in [0.1, 0.15) is 12.1 Å². The molecule has 0 N–H and O–H groups in total. The van der Waals surface area contributed by atoms with E-state index in [-0.39, 0.29) is 11.8 Å². The monoisotopic (exact) mass is 384 g/mol. The Labute approximate surface area is 168 Å². The summed E-state index contributed by atoms with van der Waals surface area (Å²) in [4.78, 5) is 37.5. The molecule has 0 fully saturated rings. The number of hydrogen-bond acceptors (Lipinski definition) is 5. The van der Waals surface area contributed by atoms with Gasteiger partial charge in [-0.3, -0.25) is 14.5 Å². The van der Waals surface area contributed by atoms with Crippen LogP contribution in [0.5, 0.6) is 0 Å². The minimum Gasteiger partial charge on any atom is -0.326 e. The first-order chi connectivity index (χ1) is 14.2. The molecule has 0 unspecified atom stereocenters. The molecule has 3 aromatic rings. The molecule has 0 saturated carbocycles. The Kier molecular flexibility index (Phi) is 4.31. The molecule has 3 heterocycles. The lowest BCUT2D eigenvalue weighted by Crippen LogP contribution is -2.33. The summed E-state index contributed by atoms with van der Waals surface area (Å²) in [5.41, 5.74) is 4.51. The van der Waals surface area contributed by atoms with Crippen molar-refractivity contribution in [3.63, 3.8) is 0 Å². The molecule has 6 nitrogen and oxygen atoms in total. The van der Waals surface area contributed by atoms with E-state index in [9.17, 15) is 9.59 Å². The zero-order chi connectivity index (χ0) is 19.8. The van der Waals surface area contributed by atoms with Crippen molar-refractivity contribution in [3.05, 3.63) is 83.3 Å². The Morgan fingerprint density at radius 3 is 2.24 bits per heavy atom. The molecule has 0 atom stereocenters. The number of imide groups is 1. The lowest BCUT2D eigenvalue weighted by molar-refractivity contribution is 0.0653. The topological polar surface area (TPSA) is 66.4 Å². The first-order valence-corrected chi connectivity index (χ1v) is 9.83. The molecular weight excluding hydrogens is 364 g/mol. The van der Waals surface area contributed by atoms with E-state index in [2.05, 4.69) is 33.1 Å². The minimum absolute atomic E-state index is 0.204. The molecule has 29 heavy (non-hydrogen) atoms. The van der Waals surface area contributed by atoms with Gasteiger partial charge in [0.05, 0.1) is 11.1 Å². The van der Waals surface area contributed by atoms with Gasteiger partial charge in [0.2, 0.25) is 0 Å². The molecule has 1 aromatic heterocycles. The Hall–Kier alpha value is -3.54. The van der Waals surface area contributed by atoms with E-state index in [4.69, 9.17) is 0 Å². The number of amides is 2. The van der Waals surface area contributed by atoms with Crippen molar-refractivity contribution in [2.45, 2.75) is 19.3 Å². The molecule has 2 aromatic carbocycles. The summed E-state index contributed by atoms with van der Waals surface area (Å²) in [5, 5.41) is 0. The highest BCUT2D eigenvalue weighted by Crippen LogP contribution is 2.34. The maximum Gasteiger partial charge on any atom is 0.261 e. The summed E-state index contributed by atoms with van der Waals surface area (Å²) in [7, 11) is 0. The Morgan fingerprint density at radius 1 is 0.793 bits per heavy atom. The molecule has 2 aliphatic rings. The zero-order valence-corrected chi connectivity index (χ0v) is 15.9. The predicted molar refractivity (Wildman–Crippen MR) is 109 cm³/mol. The second-order valence-corrected chi connectivity index (χ2v) is 7.31. The van der Waals surface area contributed by atoms with E-state index in [1.54, 1.807) is 30.6 Å². The van der Waals surface area contributed by atoms with Crippen LogP contribution >= 0.6 is 0 Å². The quantitative estimate of drug-likeness (QED) is 0.645. The van der Waals surface area contributed by atoms with Gasteiger partial charge in [0, 0.05) is 30.5 Å². The molecule has 2 aliphatic heterocycles. The van der Waals surface area contributed by atoms with E-state index < -0.39 is 0 Å². The minimum atomic E-state index is -0.204. The van der Waals surface area contributed by atoms with E-state index in [1.807, 2.05) is 12.3 Å². The Balaban J connectivity index is 1.38. The molecule has 0 saturated heterocycles. The fourth-order valence-electron chi connectivity index (χ4n) is 4.20. The number of carbonyl (C=O) groups is 2. The summed E-state index contributed by atoms with van der Waals surface area (Å²) in [6.45, 7) is 1.04. The highest BCUT2D eigenvalue weighted by atomic mass is 16.2. The van der Waals surface area contributed by atoms with Crippen LogP contribution in [0.2, 0.25) is 0 Å². The third-order valence-corrected chi connectivity index (χ3v) is 5.61. The summed E-state index contributed by atoms with van der Waals surface area (Å²) < 4.78 is 0. The van der Waals surface area contributed by atoms with Crippen LogP contribution in [0.3, 0.4) is 0 Å². The first kappa shape index (κ1) is 17.6. The van der Waals surface area contributed by atoms with E-state index in [0.29, 0.717) is 30.6 Å². The molecular formula is C23H20N4O2. The number of anilines is 2. The van der Waals surface area contributed by atoms with Gasteiger partial charge in [-0.15, -0.1) is 0 Å². The lowest BCUT2D eigenvalue weighted by Gasteiger charge is -2.26. The van der Waals surface area contributed by atoms with Gasteiger partial charge in [0.15, 0.2) is 0 Å². The summed E-state index contributed by atoms with van der Waals surface area (Å²) in [6, 6.07) is 15.3. The number of aromatic nitrogens is 2. The van der Waals surface area contributed by atoms with Gasteiger partial charge >= 0.3 is 0 Å². The third-order valence-electron chi connectivity index (χ3n) is 5.61. The van der Waals surface area contributed by atoms with Crippen LogP contribution in [0.25, 0.3) is 0 Å². The van der Waals surface area contributed by atoms with Crippen molar-refractivity contribution >= 4 is 23.3 Å². The van der Waals surface area contributed by atoms with Crippen LogP contribution in [0.4, 0.5) is 11.5 Å². The van der Waals surface area contributed by atoms with Crippen molar-refractivity contribution in [2.75, 3.05) is 18.0 Å². The molecule has 5 rings (SSSR count). The normalized spacial score (nSPS) is 15.0. The summed E-state index contributed by atoms with van der Waals surface area (Å²) in [5.74, 6) is 0.501. The predicted octanol–water partition coefficient (Wildman–Crippen LogP) is 3.40. The molecule has 0 aliphatic carbocycles. The maximum absolute atomic E-state index is 12.6. The average Bonchev–Trinajstić information content (AvgIpc) is 2.91. The third kappa shape index (κ3) is 2.97. The molecule has 0 radical (unpaired) electrons. The maximum atomic E-state index is 12.6. The SMILES string of the molecule is O=C1c2ccccc2C(=O)N1CCCN1c2ccccc2CCc2cncnc21. The standard InChI is InChI=1S/C23H20N4O2/c28-22-18-7-2-3-8-19(18)23(29)27(22)13-5-12-26-20-9-4-1-6-16(20)10-11-17-14-24-15-25-21(17)26/h1-4,6-9,14-15H,5,10-13H2. The van der Waals surface area contributed by atoms with Crippen LogP contribution in [-0.2, 0) is 12.8 Å². The molecule has 0 spiro atoms. The van der Waals surface area contributed by atoms with Gasteiger partial charge in [-0.2, -0.15) is 0 Å². The van der Waals surface area contributed by atoms with E-state index in [0.717, 1.165) is 29.9 Å². The van der Waals surface area contributed by atoms with Gasteiger partial charge in [-0.1, -0.05) is 30.3 Å². The number of fused-ring (bicyclic) bond motifs is 3. The lowest BCUT2D eigenvalue weighted by atomic mass is 10.1. The fraction of sp³-hybridized carbons (Fsp3) is 0.217. The van der Waals surface area contributed by atoms with Gasteiger partial charge in [-0.05, 0) is 43.0 Å². The second kappa shape index (κ2) is 7.13. The second-order valence-electron chi connectivity index (χ2n) is 7.31. The van der Waals surface area contributed by atoms with Crippen LogP contribution < -0.4 is 4.90 Å². The number of hydrogen-bond donors (Lipinski definition) is 0. The van der Waals surface area contributed by atoms with Crippen LogP contribution in [0.15, 0.2) is 61.1 Å². The number of aryl methyl sites for hydroxylation is 2. The van der Waals surface area contributed by atoms with Crippen molar-refractivity contribution in [1.82, 2.24) is 14.9 Å². The van der Waals surface area contributed by atoms with Gasteiger partial charge < -0.3 is 4.90 Å². The van der Waals surface area contributed by atoms with E-state index >= 15 is 0 Å². The fourth-order valence-corrected chi connectivity index (χ4v) is 4.20. The molecule has 2 amide bonds. The van der Waals surface area contributed by atoms with E-state index in [1.165, 1.54) is 10.5 Å². The van der Waals surface area contributed by atoms with Gasteiger partial charge in [0.25, 0.3) is 11.8 Å². The molecule has 6 heteroatoms. The smallest absolute Gasteiger partial charge is 0.261 e. The van der Waals surface area contributed by atoms with Crippen molar-refractivity contribution in [3.8, 4) is 0 Å². The largest absolute Gasteiger partial charge is 0.326 e. The van der Waals surface area contributed by atoms with Crippen molar-refractivity contribution < 1.29 is 9.59 Å². The van der Waals surface area contributed by atoms with Crippen molar-refractivity contribution in [2.24, 2.45) is 0 Å². The molecule has 144 valence electrons. The number of benzene rings is 2. The number of rotatable bonds is 4. The van der Waals surface area contributed by atoms with Crippen LogP contribution in [0, 0.1) is 0 Å². The summed E-state index contributed by atoms with van der Waals surface area (Å²) in [6.07, 6.45) is 5.94. The Morgan fingerprint density at radius 2 is 1.45 bits per heavy atom. The number of nitrogens with zero attached hydrogens (tertiary/aromatic N) is 4. The van der Waals surface area contributed by atoms with Crippen LogP contribution in [0.1, 0.15) is 38.3 Å². The van der Waals surface area contributed by atoms with Crippen molar-refractivity contribution in [1.29, 1.82) is 0 Å². The highest BCUT2D eigenvalue weighted by Gasteiger charge is 2.34.